The van der Waals surface area contributed by atoms with Gasteiger partial charge in [0.15, 0.2) is 0 Å². The van der Waals surface area contributed by atoms with E-state index in [0.29, 0.717) is 19.6 Å². The van der Waals surface area contributed by atoms with Crippen LogP contribution in [0.2, 0.25) is 0 Å². The van der Waals surface area contributed by atoms with Gasteiger partial charge < -0.3 is 19.9 Å². The van der Waals surface area contributed by atoms with Gasteiger partial charge in [-0.3, -0.25) is 4.79 Å². The molecule has 0 spiro atoms. The molecule has 0 aromatic carbocycles. The average Bonchev–Trinajstić information content (AvgIpc) is 2.26. The third-order valence-electron chi connectivity index (χ3n) is 2.06. The van der Waals surface area contributed by atoms with Crippen LogP contribution < -0.4 is 5.32 Å². The van der Waals surface area contributed by atoms with Crippen molar-refractivity contribution in [1.82, 2.24) is 5.32 Å². The Morgan fingerprint density at radius 3 is 2.55 bits per heavy atom. The average molecular weight is 287 g/mol. The molecule has 0 aliphatic rings. The molecular weight excluding hydrogens is 262 g/mol. The molecule has 0 radical (unpaired) electrons. The second-order valence-electron chi connectivity index (χ2n) is 5.22. The highest BCUT2D eigenvalue weighted by atomic mass is 16.6. The van der Waals surface area contributed by atoms with Crippen LogP contribution in [0.5, 0.6) is 0 Å². The van der Waals surface area contributed by atoms with Crippen molar-refractivity contribution >= 4 is 12.1 Å². The van der Waals surface area contributed by atoms with Crippen LogP contribution in [0.1, 0.15) is 40.5 Å². The summed E-state index contributed by atoms with van der Waals surface area (Å²) < 4.78 is 9.79. The highest BCUT2D eigenvalue weighted by molar-refractivity contribution is 5.71. The van der Waals surface area contributed by atoms with Gasteiger partial charge in [-0.2, -0.15) is 0 Å². The molecule has 0 bridgehead atoms. The fraction of sp³-hybridized carbons (Fsp3) is 0.714. The van der Waals surface area contributed by atoms with Gasteiger partial charge in [-0.05, 0) is 34.1 Å². The summed E-state index contributed by atoms with van der Waals surface area (Å²) in [4.78, 5) is 22.4. The number of nitrogens with one attached hydrogen (secondary N) is 1. The lowest BCUT2D eigenvalue weighted by molar-refractivity contribution is -0.142. The Balaban J connectivity index is 3.78. The Morgan fingerprint density at radius 1 is 1.35 bits per heavy atom. The summed E-state index contributed by atoms with van der Waals surface area (Å²) in [5.41, 5.74) is -0.539. The molecule has 116 valence electrons. The summed E-state index contributed by atoms with van der Waals surface area (Å²) in [5.74, 6) is -0.331. The minimum Gasteiger partial charge on any atom is -0.466 e. The van der Waals surface area contributed by atoms with Crippen LogP contribution in [0.4, 0.5) is 4.79 Å². The largest absolute Gasteiger partial charge is 0.466 e. The first-order valence-electron chi connectivity index (χ1n) is 6.71. The molecule has 6 heteroatoms. The molecule has 0 aliphatic heterocycles. The van der Waals surface area contributed by atoms with E-state index in [1.807, 2.05) is 0 Å². The van der Waals surface area contributed by atoms with Gasteiger partial charge in [0.25, 0.3) is 0 Å². The molecule has 0 saturated heterocycles. The normalized spacial score (nSPS) is 13.1. The highest BCUT2D eigenvalue weighted by Crippen LogP contribution is 2.06. The lowest BCUT2D eigenvalue weighted by Crippen LogP contribution is -2.33. The van der Waals surface area contributed by atoms with E-state index in [1.165, 1.54) is 6.08 Å². The molecule has 0 heterocycles. The zero-order valence-electron chi connectivity index (χ0n) is 12.6. The quantitative estimate of drug-likeness (QED) is 0.550. The van der Waals surface area contributed by atoms with Crippen molar-refractivity contribution in [2.24, 2.45) is 0 Å². The minimum atomic E-state index is -0.723. The lowest BCUT2D eigenvalue weighted by atomic mass is 10.2. The Labute approximate surface area is 120 Å². The summed E-state index contributed by atoms with van der Waals surface area (Å²) >= 11 is 0. The van der Waals surface area contributed by atoms with Gasteiger partial charge in [0, 0.05) is 6.54 Å². The number of rotatable bonds is 7. The van der Waals surface area contributed by atoms with Crippen LogP contribution in [-0.2, 0) is 14.3 Å². The zero-order chi connectivity index (χ0) is 15.6. The van der Waals surface area contributed by atoms with Gasteiger partial charge in [-0.15, -0.1) is 0 Å². The standard InChI is InChI=1S/C14H25NO5/c1-5-19-12(17)8-6-7-11(16)9-10-15-13(18)20-14(2,3)4/h6-7,11,16H,5,8-10H2,1-4H3,(H,15,18)/b7-6+/t11-/m0/s1. The Morgan fingerprint density at radius 2 is 2.00 bits per heavy atom. The monoisotopic (exact) mass is 287 g/mol. The van der Waals surface area contributed by atoms with Gasteiger partial charge in [0.05, 0.1) is 19.1 Å². The van der Waals surface area contributed by atoms with E-state index in [0.717, 1.165) is 0 Å². The second kappa shape index (κ2) is 9.36. The van der Waals surface area contributed by atoms with Crippen LogP contribution in [0, 0.1) is 0 Å². The summed E-state index contributed by atoms with van der Waals surface area (Å²) in [5, 5.41) is 12.1. The van der Waals surface area contributed by atoms with E-state index in [4.69, 9.17) is 9.47 Å². The Bertz CT molecular complexity index is 333. The SMILES string of the molecule is CCOC(=O)C/C=C/[C@H](O)CCNC(=O)OC(C)(C)C. The van der Waals surface area contributed by atoms with Crippen molar-refractivity contribution in [1.29, 1.82) is 0 Å². The summed E-state index contributed by atoms with van der Waals surface area (Å²) in [6.45, 7) is 7.70. The number of hydrogen-bond acceptors (Lipinski definition) is 5. The van der Waals surface area contributed by atoms with Crippen molar-refractivity contribution < 1.29 is 24.2 Å². The first-order chi connectivity index (χ1) is 9.24. The Hall–Kier alpha value is -1.56. The predicted molar refractivity (Wildman–Crippen MR) is 75.3 cm³/mol. The molecule has 1 amide bonds. The summed E-state index contributed by atoms with van der Waals surface area (Å²) in [6.07, 6.45) is 2.30. The number of aliphatic hydroxyl groups is 1. The van der Waals surface area contributed by atoms with Crippen LogP contribution in [0.25, 0.3) is 0 Å². The number of aliphatic hydroxyl groups excluding tert-OH is 1. The topological polar surface area (TPSA) is 84.9 Å². The molecule has 2 N–H and O–H groups in total. The highest BCUT2D eigenvalue weighted by Gasteiger charge is 2.15. The first kappa shape index (κ1) is 18.4. The van der Waals surface area contributed by atoms with Crippen LogP contribution in [0.3, 0.4) is 0 Å². The maximum absolute atomic E-state index is 11.3. The number of esters is 1. The second-order valence-corrected chi connectivity index (χ2v) is 5.22. The number of amides is 1. The smallest absolute Gasteiger partial charge is 0.407 e. The van der Waals surface area contributed by atoms with Crippen LogP contribution >= 0.6 is 0 Å². The lowest BCUT2D eigenvalue weighted by Gasteiger charge is -2.19. The van der Waals surface area contributed by atoms with Crippen LogP contribution in [0.15, 0.2) is 12.2 Å². The molecule has 0 aliphatic carbocycles. The van der Waals surface area contributed by atoms with E-state index in [1.54, 1.807) is 33.8 Å². The first-order valence-corrected chi connectivity index (χ1v) is 6.71. The molecule has 0 fully saturated rings. The van der Waals surface area contributed by atoms with E-state index < -0.39 is 17.8 Å². The molecule has 6 nitrogen and oxygen atoms in total. The van der Waals surface area contributed by atoms with Crippen molar-refractivity contribution in [2.75, 3.05) is 13.2 Å². The van der Waals surface area contributed by atoms with Crippen molar-refractivity contribution in [3.05, 3.63) is 12.2 Å². The molecule has 0 aromatic heterocycles. The van der Waals surface area contributed by atoms with E-state index >= 15 is 0 Å². The van der Waals surface area contributed by atoms with E-state index in [2.05, 4.69) is 5.32 Å². The fourth-order valence-corrected chi connectivity index (χ4v) is 1.27. The van der Waals surface area contributed by atoms with Gasteiger partial charge in [-0.1, -0.05) is 12.2 Å². The van der Waals surface area contributed by atoms with Crippen molar-refractivity contribution in [2.45, 2.75) is 52.2 Å². The Kier molecular flexibility index (Phi) is 8.63. The molecular formula is C14H25NO5. The van der Waals surface area contributed by atoms with Gasteiger partial charge in [-0.25, -0.2) is 4.79 Å². The van der Waals surface area contributed by atoms with Crippen molar-refractivity contribution in [3.8, 4) is 0 Å². The van der Waals surface area contributed by atoms with Crippen molar-refractivity contribution in [3.63, 3.8) is 0 Å². The van der Waals surface area contributed by atoms with E-state index in [-0.39, 0.29) is 12.4 Å². The number of carbonyl (C=O) groups is 2. The third kappa shape index (κ3) is 11.5. The summed E-state index contributed by atoms with van der Waals surface area (Å²) in [6, 6.07) is 0. The molecule has 20 heavy (non-hydrogen) atoms. The van der Waals surface area contributed by atoms with Gasteiger partial charge in [0.1, 0.15) is 5.60 Å². The van der Waals surface area contributed by atoms with E-state index in [9.17, 15) is 14.7 Å². The molecule has 0 unspecified atom stereocenters. The molecule has 1 atom stereocenters. The number of carbonyl (C=O) groups excluding carboxylic acids is 2. The zero-order valence-corrected chi connectivity index (χ0v) is 12.6. The van der Waals surface area contributed by atoms with Crippen LogP contribution in [-0.4, -0.2) is 42.0 Å². The maximum Gasteiger partial charge on any atom is 0.407 e. The number of alkyl carbamates (subject to hydrolysis) is 1. The molecule has 0 rings (SSSR count). The minimum absolute atomic E-state index is 0.129. The number of hydrogen-bond donors (Lipinski definition) is 2. The predicted octanol–water partition coefficient (Wildman–Crippen LogP) is 1.77. The molecule has 0 aromatic rings. The number of ether oxygens (including phenoxy) is 2. The van der Waals surface area contributed by atoms with Gasteiger partial charge >= 0.3 is 12.1 Å². The third-order valence-corrected chi connectivity index (χ3v) is 2.06. The van der Waals surface area contributed by atoms with Gasteiger partial charge in [0.2, 0.25) is 0 Å². The fourth-order valence-electron chi connectivity index (χ4n) is 1.27. The summed E-state index contributed by atoms with van der Waals surface area (Å²) in [7, 11) is 0. The molecule has 0 saturated carbocycles. The maximum atomic E-state index is 11.3.